The van der Waals surface area contributed by atoms with Gasteiger partial charge in [-0.3, -0.25) is 24.2 Å². The Kier molecular flexibility index (Phi) is 6.17. The number of para-hydroxylation sites is 2. The van der Waals surface area contributed by atoms with Crippen LogP contribution in [-0.4, -0.2) is 40.0 Å². The van der Waals surface area contributed by atoms with E-state index in [-0.39, 0.29) is 30.2 Å². The number of thioether (sulfide) groups is 1. The van der Waals surface area contributed by atoms with Crippen molar-refractivity contribution in [3.8, 4) is 0 Å². The van der Waals surface area contributed by atoms with E-state index in [1.807, 2.05) is 57.2 Å². The Hall–Kier alpha value is -2.97. The number of carbonyl (C=O) groups is 3. The lowest BCUT2D eigenvalue weighted by molar-refractivity contribution is -0.122. The quantitative estimate of drug-likeness (QED) is 0.529. The molecule has 2 heterocycles. The van der Waals surface area contributed by atoms with Gasteiger partial charge in [-0.25, -0.2) is 0 Å². The second-order valence-electron chi connectivity index (χ2n) is 8.15. The molecule has 0 aliphatic carbocycles. The minimum absolute atomic E-state index is 0.153. The lowest BCUT2D eigenvalue weighted by atomic mass is 10.1. The van der Waals surface area contributed by atoms with Gasteiger partial charge in [-0.15, -0.1) is 0 Å². The number of aryl methyl sites for hydroxylation is 1. The Morgan fingerprint density at radius 3 is 2.44 bits per heavy atom. The number of benzene rings is 2. The lowest BCUT2D eigenvalue weighted by Gasteiger charge is -2.17. The fraction of sp³-hybridized carbons (Fsp3) is 0.250. The Balaban J connectivity index is 1.65. The predicted molar refractivity (Wildman–Crippen MR) is 132 cm³/mol. The van der Waals surface area contributed by atoms with Gasteiger partial charge in [-0.05, 0) is 30.5 Å². The van der Waals surface area contributed by atoms with Gasteiger partial charge in [0.15, 0.2) is 0 Å². The van der Waals surface area contributed by atoms with Gasteiger partial charge in [0.05, 0.1) is 16.2 Å². The molecule has 1 saturated heterocycles. The molecule has 2 aromatic carbocycles. The minimum atomic E-state index is -0.365. The molecule has 1 fully saturated rings. The highest BCUT2D eigenvalue weighted by Crippen LogP contribution is 2.44. The van der Waals surface area contributed by atoms with Crippen molar-refractivity contribution in [1.29, 1.82) is 0 Å². The first-order valence-corrected chi connectivity index (χ1v) is 11.5. The molecule has 0 radical (unpaired) electrons. The van der Waals surface area contributed by atoms with E-state index in [4.69, 9.17) is 12.2 Å². The highest BCUT2D eigenvalue weighted by atomic mass is 32.2. The minimum Gasteiger partial charge on any atom is -0.324 e. The first kappa shape index (κ1) is 22.2. The first-order chi connectivity index (χ1) is 15.3. The third kappa shape index (κ3) is 4.08. The van der Waals surface area contributed by atoms with E-state index in [1.165, 1.54) is 4.90 Å². The van der Waals surface area contributed by atoms with Gasteiger partial charge in [0, 0.05) is 17.8 Å². The van der Waals surface area contributed by atoms with E-state index in [1.54, 1.807) is 17.0 Å². The molecule has 0 spiro atoms. The molecule has 8 heteroatoms. The van der Waals surface area contributed by atoms with Gasteiger partial charge in [-0.1, -0.05) is 74.2 Å². The van der Waals surface area contributed by atoms with Crippen molar-refractivity contribution in [2.45, 2.75) is 20.8 Å². The maximum absolute atomic E-state index is 13.4. The van der Waals surface area contributed by atoms with Crippen molar-refractivity contribution < 1.29 is 14.4 Å². The highest BCUT2D eigenvalue weighted by Gasteiger charge is 2.42. The molecular formula is C24H23N3O3S2. The SMILES string of the molecule is Cc1ccccc1NC(=O)CN1C(=O)C(=C2SC(=S)N(CC(C)C)C2=O)c2ccccc21. The Morgan fingerprint density at radius 2 is 1.72 bits per heavy atom. The summed E-state index contributed by atoms with van der Waals surface area (Å²) in [6.07, 6.45) is 0. The van der Waals surface area contributed by atoms with Crippen LogP contribution in [-0.2, 0) is 14.4 Å². The molecule has 2 aliphatic rings. The Labute approximate surface area is 196 Å². The molecule has 1 N–H and O–H groups in total. The van der Waals surface area contributed by atoms with Crippen LogP contribution in [0, 0.1) is 12.8 Å². The number of rotatable bonds is 5. The number of thiocarbonyl (C=S) groups is 1. The molecule has 164 valence electrons. The number of hydrogen-bond acceptors (Lipinski definition) is 5. The van der Waals surface area contributed by atoms with Crippen molar-refractivity contribution >= 4 is 63.0 Å². The summed E-state index contributed by atoms with van der Waals surface area (Å²) in [7, 11) is 0. The van der Waals surface area contributed by atoms with E-state index in [9.17, 15) is 14.4 Å². The third-order valence-electron chi connectivity index (χ3n) is 5.27. The van der Waals surface area contributed by atoms with Crippen molar-refractivity contribution in [3.05, 3.63) is 64.6 Å². The summed E-state index contributed by atoms with van der Waals surface area (Å²) in [5.41, 5.74) is 3.21. The summed E-state index contributed by atoms with van der Waals surface area (Å²) in [6, 6.07) is 14.7. The molecule has 0 saturated carbocycles. The molecule has 0 unspecified atom stereocenters. The van der Waals surface area contributed by atoms with Gasteiger partial charge in [-0.2, -0.15) is 0 Å². The zero-order valence-corrected chi connectivity index (χ0v) is 19.7. The smallest absolute Gasteiger partial charge is 0.267 e. The zero-order valence-electron chi connectivity index (χ0n) is 18.0. The number of carbonyl (C=O) groups excluding carboxylic acids is 3. The fourth-order valence-corrected chi connectivity index (χ4v) is 5.12. The van der Waals surface area contributed by atoms with Crippen molar-refractivity contribution in [3.63, 3.8) is 0 Å². The monoisotopic (exact) mass is 465 g/mol. The van der Waals surface area contributed by atoms with Gasteiger partial charge >= 0.3 is 0 Å². The van der Waals surface area contributed by atoms with E-state index >= 15 is 0 Å². The van der Waals surface area contributed by atoms with E-state index in [2.05, 4.69) is 5.32 Å². The van der Waals surface area contributed by atoms with Crippen LogP contribution in [0.25, 0.3) is 5.57 Å². The van der Waals surface area contributed by atoms with Crippen LogP contribution in [0.5, 0.6) is 0 Å². The molecule has 0 bridgehead atoms. The number of nitrogens with zero attached hydrogens (tertiary/aromatic N) is 2. The molecule has 3 amide bonds. The van der Waals surface area contributed by atoms with Crippen molar-refractivity contribution in [1.82, 2.24) is 4.90 Å². The Bertz CT molecular complexity index is 1170. The highest BCUT2D eigenvalue weighted by molar-refractivity contribution is 8.26. The van der Waals surface area contributed by atoms with Crippen LogP contribution in [0.15, 0.2) is 53.4 Å². The van der Waals surface area contributed by atoms with Crippen molar-refractivity contribution in [2.75, 3.05) is 23.3 Å². The molecule has 32 heavy (non-hydrogen) atoms. The summed E-state index contributed by atoms with van der Waals surface area (Å²) in [5.74, 6) is -0.680. The van der Waals surface area contributed by atoms with Crippen LogP contribution < -0.4 is 10.2 Å². The van der Waals surface area contributed by atoms with Crippen LogP contribution in [0.1, 0.15) is 25.0 Å². The topological polar surface area (TPSA) is 69.7 Å². The largest absolute Gasteiger partial charge is 0.324 e. The number of amides is 3. The van der Waals surface area contributed by atoms with Crippen molar-refractivity contribution in [2.24, 2.45) is 5.92 Å². The zero-order chi connectivity index (χ0) is 23.0. The molecule has 2 aromatic rings. The summed E-state index contributed by atoms with van der Waals surface area (Å²) < 4.78 is 0.451. The van der Waals surface area contributed by atoms with Crippen LogP contribution in [0.2, 0.25) is 0 Å². The second-order valence-corrected chi connectivity index (χ2v) is 9.80. The van der Waals surface area contributed by atoms with E-state index in [0.717, 1.165) is 17.3 Å². The summed E-state index contributed by atoms with van der Waals surface area (Å²) in [5, 5.41) is 2.87. The average Bonchev–Trinajstić information content (AvgIpc) is 3.17. The van der Waals surface area contributed by atoms with Crippen LogP contribution in [0.4, 0.5) is 11.4 Å². The number of anilines is 2. The molecular weight excluding hydrogens is 442 g/mol. The molecule has 4 rings (SSSR count). The predicted octanol–water partition coefficient (Wildman–Crippen LogP) is 4.21. The normalized spacial score (nSPS) is 18.1. The standard InChI is InChI=1S/C24H23N3O3S2/c1-14(2)12-27-23(30)21(32-24(27)31)20-16-9-5-7-11-18(16)26(22(20)29)13-19(28)25-17-10-6-4-8-15(17)3/h4-11,14H,12-13H2,1-3H3,(H,25,28). The number of hydrogen-bond donors (Lipinski definition) is 1. The fourth-order valence-electron chi connectivity index (χ4n) is 3.77. The van der Waals surface area contributed by atoms with E-state index < -0.39 is 0 Å². The number of fused-ring (bicyclic) bond motifs is 1. The van der Waals surface area contributed by atoms with Gasteiger partial charge in [0.25, 0.3) is 11.8 Å². The Morgan fingerprint density at radius 1 is 1.03 bits per heavy atom. The molecule has 0 aromatic heterocycles. The van der Waals surface area contributed by atoms with Gasteiger partial charge in [0.1, 0.15) is 10.9 Å². The first-order valence-electron chi connectivity index (χ1n) is 10.3. The lowest BCUT2D eigenvalue weighted by Crippen LogP contribution is -2.36. The summed E-state index contributed by atoms with van der Waals surface area (Å²) >= 11 is 6.57. The second kappa shape index (κ2) is 8.88. The summed E-state index contributed by atoms with van der Waals surface area (Å²) in [4.78, 5) is 42.6. The molecule has 2 aliphatic heterocycles. The maximum atomic E-state index is 13.4. The van der Waals surface area contributed by atoms with Gasteiger partial charge in [0.2, 0.25) is 5.91 Å². The molecule has 6 nitrogen and oxygen atoms in total. The molecule has 0 atom stereocenters. The summed E-state index contributed by atoms with van der Waals surface area (Å²) in [6.45, 7) is 6.27. The average molecular weight is 466 g/mol. The number of nitrogens with one attached hydrogen (secondary N) is 1. The van der Waals surface area contributed by atoms with E-state index in [0.29, 0.717) is 38.3 Å². The maximum Gasteiger partial charge on any atom is 0.267 e. The van der Waals surface area contributed by atoms with Gasteiger partial charge < -0.3 is 5.32 Å². The van der Waals surface area contributed by atoms with Crippen LogP contribution in [0.3, 0.4) is 0 Å². The van der Waals surface area contributed by atoms with Crippen LogP contribution >= 0.6 is 24.0 Å². The third-order valence-corrected chi connectivity index (χ3v) is 6.72.